The first-order chi connectivity index (χ1) is 44.8. The quantitative estimate of drug-likeness (QED) is 0.0972. The molecular formula is C69H110O25. The van der Waals surface area contributed by atoms with Crippen LogP contribution in [0.3, 0.4) is 0 Å². The van der Waals surface area contributed by atoms with Crippen molar-refractivity contribution in [3.63, 3.8) is 0 Å². The van der Waals surface area contributed by atoms with Crippen molar-refractivity contribution in [2.45, 2.75) is 336 Å². The zero-order valence-electron chi connectivity index (χ0n) is 57.9. The Morgan fingerprint density at radius 1 is 0.606 bits per heavy atom. The van der Waals surface area contributed by atoms with Gasteiger partial charge in [-0.25, -0.2) is 4.89 Å². The van der Waals surface area contributed by atoms with Crippen molar-refractivity contribution < 1.29 is 120 Å². The van der Waals surface area contributed by atoms with Crippen molar-refractivity contribution in [3.8, 4) is 0 Å². The molecule has 7 saturated heterocycles. The maximum absolute atomic E-state index is 13.1. The average molecular weight is 1340 g/mol. The van der Waals surface area contributed by atoms with E-state index in [9.17, 15) is 20.1 Å². The fourth-order valence-corrected chi connectivity index (χ4v) is 18.8. The van der Waals surface area contributed by atoms with Crippen LogP contribution in [0.15, 0.2) is 23.5 Å². The summed E-state index contributed by atoms with van der Waals surface area (Å²) in [6.45, 7) is 19.9. The summed E-state index contributed by atoms with van der Waals surface area (Å²) < 4.78 is 119. The van der Waals surface area contributed by atoms with E-state index in [1.165, 1.54) is 12.7 Å². The second-order valence-electron chi connectivity index (χ2n) is 29.8. The molecule has 4 aliphatic carbocycles. The molecule has 25 heteroatoms. The first-order valence-electron chi connectivity index (χ1n) is 35.0. The van der Waals surface area contributed by atoms with E-state index in [1.807, 2.05) is 48.5 Å². The molecule has 25 nitrogen and oxygen atoms in total. The standard InChI is InChI=1S/C69H110O25/c1-33-24-47(74-11)59(72)65(80-33)87-42-18-21-66(9)41(25-42)16-17-43-44(66)19-22-67(10)45(43)20-23-69(67,73)40(8)86-54-30-51-64(38(6)85-54)93-94-68(32-79-51)31-52(78-15)63(39(7)92-68)91-57-29-50(77-14)61(36(4)84-57)89-53-26-46(70)60(35(3)82-53)88-56-28-49(76-13)62(37(5)83-56)90-55-27-48(75-12)58(71)34(2)81-55/h16,24,33-40,42-46,48-58,60-65,70-71,73H,17-23,25-32H2,1-15H3/t33-,34-,35-,36-,37-,38-,39-,40+,42+,43-,44+,45+,46-,48-,49+,50+,51-,52-,53+,54+,55+,56+,57+,58-,60-,61-,62-,63-,64-,65?,66+,67+,68+,69+/m1/s1. The van der Waals surface area contributed by atoms with Crippen molar-refractivity contribution in [3.05, 3.63) is 23.5 Å². The van der Waals surface area contributed by atoms with Gasteiger partial charge in [-0.05, 0) is 136 Å². The van der Waals surface area contributed by atoms with E-state index in [2.05, 4.69) is 19.9 Å². The Balaban J connectivity index is 0.601. The molecule has 0 aromatic carbocycles. The lowest BCUT2D eigenvalue weighted by Crippen LogP contribution is -2.60. The highest BCUT2D eigenvalue weighted by atomic mass is 17.2. The number of ketones is 1. The van der Waals surface area contributed by atoms with Gasteiger partial charge >= 0.3 is 0 Å². The van der Waals surface area contributed by atoms with Gasteiger partial charge in [0, 0.05) is 72.4 Å². The molecule has 0 radical (unpaired) electrons. The van der Waals surface area contributed by atoms with E-state index in [4.69, 9.17) is 99.8 Å². The highest BCUT2D eigenvalue weighted by Gasteiger charge is 2.66. The van der Waals surface area contributed by atoms with E-state index in [1.54, 1.807) is 41.4 Å². The monoisotopic (exact) mass is 1340 g/mol. The number of rotatable bonds is 18. The van der Waals surface area contributed by atoms with Crippen molar-refractivity contribution in [2.75, 3.05) is 42.2 Å². The summed E-state index contributed by atoms with van der Waals surface area (Å²) in [6.07, 6.45) is -2.72. The number of methoxy groups -OCH3 is 5. The Kier molecular flexibility index (Phi) is 22.3. The first kappa shape index (κ1) is 71.8. The van der Waals surface area contributed by atoms with Gasteiger partial charge in [-0.15, -0.1) is 0 Å². The number of carbonyl (C=O) groups is 1. The Hall–Kier alpha value is -1.97. The molecule has 0 aromatic heterocycles. The number of allylic oxidation sites excluding steroid dienone is 1. The van der Waals surface area contributed by atoms with Crippen molar-refractivity contribution in [1.29, 1.82) is 0 Å². The van der Waals surface area contributed by atoms with Gasteiger partial charge in [-0.3, -0.25) is 4.79 Å². The maximum Gasteiger partial charge on any atom is 0.252 e. The molecule has 0 aromatic rings. The number of aliphatic hydroxyl groups is 3. The second kappa shape index (κ2) is 29.2. The fraction of sp³-hybridized carbons (Fsp3) is 0.928. The molecule has 1 unspecified atom stereocenters. The third-order valence-electron chi connectivity index (χ3n) is 24.2. The summed E-state index contributed by atoms with van der Waals surface area (Å²) >= 11 is 0. The lowest BCUT2D eigenvalue weighted by molar-refractivity contribution is -0.472. The van der Waals surface area contributed by atoms with E-state index in [-0.39, 0.29) is 48.3 Å². The number of hydrogen-bond donors (Lipinski definition) is 3. The molecule has 12 aliphatic rings. The summed E-state index contributed by atoms with van der Waals surface area (Å²) in [6, 6.07) is 0. The highest BCUT2D eigenvalue weighted by molar-refractivity contribution is 5.96. The Labute approximate surface area is 554 Å². The molecule has 3 saturated carbocycles. The third-order valence-corrected chi connectivity index (χ3v) is 24.2. The van der Waals surface area contributed by atoms with Crippen LogP contribution < -0.4 is 0 Å². The molecule has 12 rings (SSSR count). The van der Waals surface area contributed by atoms with Crippen molar-refractivity contribution in [1.82, 2.24) is 0 Å². The van der Waals surface area contributed by atoms with Gasteiger partial charge in [-0.2, -0.15) is 4.89 Å². The number of ether oxygens (including phenoxy) is 19. The number of carbonyl (C=O) groups excluding carboxylic acids is 1. The molecule has 536 valence electrons. The van der Waals surface area contributed by atoms with Gasteiger partial charge in [0.1, 0.15) is 43.2 Å². The van der Waals surface area contributed by atoms with Gasteiger partial charge in [0.25, 0.3) is 5.78 Å². The van der Waals surface area contributed by atoms with Gasteiger partial charge in [0.2, 0.25) is 12.1 Å². The Morgan fingerprint density at radius 3 is 1.81 bits per heavy atom. The minimum absolute atomic E-state index is 0.0182. The van der Waals surface area contributed by atoms with Crippen LogP contribution in [0.25, 0.3) is 0 Å². The molecule has 3 N–H and O–H groups in total. The molecule has 0 amide bonds. The van der Waals surface area contributed by atoms with Crippen LogP contribution >= 0.6 is 0 Å². The molecule has 34 atom stereocenters. The van der Waals surface area contributed by atoms with E-state index < -0.39 is 165 Å². The van der Waals surface area contributed by atoms with Crippen molar-refractivity contribution in [2.24, 2.45) is 28.6 Å². The second-order valence-corrected chi connectivity index (χ2v) is 29.8. The number of hydrogen-bond acceptors (Lipinski definition) is 25. The highest BCUT2D eigenvalue weighted by Crippen LogP contribution is 2.68. The fourth-order valence-electron chi connectivity index (χ4n) is 18.8. The summed E-state index contributed by atoms with van der Waals surface area (Å²) in [5.41, 5.74) is 0.0000663. The van der Waals surface area contributed by atoms with Crippen LogP contribution in [0.4, 0.5) is 0 Å². The topological polar surface area (TPSA) is 272 Å². The normalized spacial score (nSPS) is 51.9. The third kappa shape index (κ3) is 14.0. The Bertz CT molecular complexity index is 2610. The summed E-state index contributed by atoms with van der Waals surface area (Å²) in [5, 5.41) is 35.1. The zero-order valence-corrected chi connectivity index (χ0v) is 57.9. The summed E-state index contributed by atoms with van der Waals surface area (Å²) in [7, 11) is 7.92. The number of aliphatic hydroxyl groups excluding tert-OH is 2. The van der Waals surface area contributed by atoms with Crippen LogP contribution in [0.2, 0.25) is 0 Å². The van der Waals surface area contributed by atoms with Crippen LogP contribution in [-0.2, 0) is 105 Å². The van der Waals surface area contributed by atoms with Crippen LogP contribution in [-0.4, -0.2) is 241 Å². The summed E-state index contributed by atoms with van der Waals surface area (Å²) in [4.78, 5) is 25.6. The van der Waals surface area contributed by atoms with Gasteiger partial charge < -0.3 is 105 Å². The maximum atomic E-state index is 13.1. The van der Waals surface area contributed by atoms with Gasteiger partial charge in [0.05, 0.1) is 104 Å². The van der Waals surface area contributed by atoms with E-state index in [0.29, 0.717) is 55.6 Å². The van der Waals surface area contributed by atoms with E-state index in [0.717, 1.165) is 44.9 Å². The zero-order chi connectivity index (χ0) is 66.9. The average Bonchev–Trinajstić information content (AvgIpc) is 1.46. The van der Waals surface area contributed by atoms with Crippen LogP contribution in [0.5, 0.6) is 0 Å². The van der Waals surface area contributed by atoms with Crippen LogP contribution in [0.1, 0.15) is 159 Å². The minimum Gasteiger partial charge on any atom is -0.493 e. The largest absolute Gasteiger partial charge is 0.493 e. The minimum atomic E-state index is -1.34. The molecule has 10 fully saturated rings. The predicted octanol–water partition coefficient (Wildman–Crippen LogP) is 6.53. The predicted molar refractivity (Wildman–Crippen MR) is 330 cm³/mol. The molecule has 8 heterocycles. The number of fused-ring (bicyclic) bond motifs is 6. The molecule has 1 spiro atoms. The summed E-state index contributed by atoms with van der Waals surface area (Å²) in [5.74, 6) is -0.0754. The lowest BCUT2D eigenvalue weighted by atomic mass is 9.46. The van der Waals surface area contributed by atoms with Gasteiger partial charge in [0.15, 0.2) is 37.2 Å². The molecular weight excluding hydrogens is 1230 g/mol. The SMILES string of the molecule is COC1=C[C@@H](C)OC(O[C@H]2CC[C@@]3(C)C(=CC[C@@H]4[C@@H]3CC[C@@]3(C)[C@H]4CC[C@]3(O)[C@H](C)O[C@H]3C[C@H]4OC[C@]5(C[C@@H](OC)[C@H](O[C@H]6C[C@H](OC)[C@H](O[C@H]7C[C@@H](O)[C@H](O[C@H]8C[C@H](OC)[C@H](O[C@H]9C[C@@H](OC)[C@H](O)[C@@H](C)O9)[C@@H](C)O8)[C@@H](C)O7)[C@@H](C)O6)[C@@H](C)O5)OO[C@@H]4[C@@H](C)O3)C2)C1=O. The molecule has 8 aliphatic heterocycles. The Morgan fingerprint density at radius 2 is 1.18 bits per heavy atom. The molecule has 0 bridgehead atoms. The van der Waals surface area contributed by atoms with Crippen LogP contribution in [0, 0.1) is 28.6 Å². The molecule has 94 heavy (non-hydrogen) atoms. The smallest absolute Gasteiger partial charge is 0.252 e. The lowest BCUT2D eigenvalue weighted by Gasteiger charge is -2.59. The number of Topliss-reactive ketones (excluding diaryl/α,β-unsaturated/α-hetero) is 1. The van der Waals surface area contributed by atoms with Crippen molar-refractivity contribution >= 4 is 5.78 Å². The first-order valence-corrected chi connectivity index (χ1v) is 35.0. The van der Waals surface area contributed by atoms with E-state index >= 15 is 0 Å². The van der Waals surface area contributed by atoms with Gasteiger partial charge in [-0.1, -0.05) is 25.5 Å².